The van der Waals surface area contributed by atoms with Gasteiger partial charge < -0.3 is 5.11 Å². The Bertz CT molecular complexity index is 442. The molecular formula is C12H14Cl2N2O. The van der Waals surface area contributed by atoms with Crippen molar-refractivity contribution in [2.24, 2.45) is 5.92 Å². The highest BCUT2D eigenvalue weighted by atomic mass is 35.5. The zero-order chi connectivity index (χ0) is 12.0. The van der Waals surface area contributed by atoms with Gasteiger partial charge in [0.05, 0.1) is 16.3 Å². The van der Waals surface area contributed by atoms with E-state index in [0.29, 0.717) is 22.6 Å². The minimum Gasteiger partial charge on any atom is -0.387 e. The van der Waals surface area contributed by atoms with Crippen LogP contribution in [0.25, 0.3) is 0 Å². The molecule has 5 heteroatoms. The maximum atomic E-state index is 10.2. The molecule has 3 nitrogen and oxygen atoms in total. The predicted molar refractivity (Wildman–Crippen MR) is 67.2 cm³/mol. The Kier molecular flexibility index (Phi) is 2.82. The number of likely N-dealkylation sites (tertiary alicyclic amines) is 1. The number of aromatic nitrogens is 1. The third-order valence-electron chi connectivity index (χ3n) is 3.59. The highest BCUT2D eigenvalue weighted by Crippen LogP contribution is 2.44. The fourth-order valence-corrected chi connectivity index (χ4v) is 2.83. The van der Waals surface area contributed by atoms with Crippen LogP contribution in [0.15, 0.2) is 12.1 Å². The topological polar surface area (TPSA) is 36.4 Å². The summed E-state index contributed by atoms with van der Waals surface area (Å²) < 4.78 is 0. The van der Waals surface area contributed by atoms with Crippen molar-refractivity contribution in [1.29, 1.82) is 0 Å². The molecule has 0 spiro atoms. The Hall–Kier alpha value is -0.350. The van der Waals surface area contributed by atoms with Crippen molar-refractivity contribution in [2.45, 2.75) is 25.0 Å². The molecule has 17 heavy (non-hydrogen) atoms. The highest BCUT2D eigenvalue weighted by Gasteiger charge is 2.51. The molecule has 1 saturated heterocycles. The van der Waals surface area contributed by atoms with Gasteiger partial charge in [-0.3, -0.25) is 4.90 Å². The van der Waals surface area contributed by atoms with Gasteiger partial charge in [-0.25, -0.2) is 4.98 Å². The van der Waals surface area contributed by atoms with E-state index in [1.807, 2.05) is 0 Å². The Morgan fingerprint density at radius 1 is 1.35 bits per heavy atom. The summed E-state index contributed by atoms with van der Waals surface area (Å²) in [6.45, 7) is 2.11. The maximum Gasteiger partial charge on any atom is 0.129 e. The van der Waals surface area contributed by atoms with E-state index in [9.17, 15) is 5.11 Å². The van der Waals surface area contributed by atoms with E-state index in [0.717, 1.165) is 18.8 Å². The summed E-state index contributed by atoms with van der Waals surface area (Å²) in [6, 6.07) is 3.45. The summed E-state index contributed by atoms with van der Waals surface area (Å²) in [5.74, 6) is 0.515. The van der Waals surface area contributed by atoms with E-state index < -0.39 is 5.60 Å². The van der Waals surface area contributed by atoms with Crippen LogP contribution < -0.4 is 0 Å². The molecule has 1 aliphatic heterocycles. The summed E-state index contributed by atoms with van der Waals surface area (Å²) in [5.41, 5.74) is 0.336. The molecule has 0 amide bonds. The van der Waals surface area contributed by atoms with Gasteiger partial charge in [0, 0.05) is 19.6 Å². The molecule has 1 aliphatic carbocycles. The molecule has 0 atom stereocenters. The van der Waals surface area contributed by atoms with Crippen LogP contribution in [-0.2, 0) is 6.54 Å². The van der Waals surface area contributed by atoms with E-state index in [4.69, 9.17) is 23.2 Å². The molecule has 3 rings (SSSR count). The van der Waals surface area contributed by atoms with Crippen LogP contribution in [0, 0.1) is 5.92 Å². The molecule has 2 aliphatic rings. The fourth-order valence-electron chi connectivity index (χ4n) is 2.50. The van der Waals surface area contributed by atoms with Gasteiger partial charge in [0.2, 0.25) is 0 Å². The largest absolute Gasteiger partial charge is 0.387 e. The number of β-amino-alcohol motifs (C(OH)–C–C–N with tert-alkyl or cyclic N) is 1. The summed E-state index contributed by atoms with van der Waals surface area (Å²) in [4.78, 5) is 6.37. The number of nitrogens with zero attached hydrogens (tertiary/aromatic N) is 2. The lowest BCUT2D eigenvalue weighted by Gasteiger charge is -2.47. The zero-order valence-electron chi connectivity index (χ0n) is 9.37. The van der Waals surface area contributed by atoms with Crippen LogP contribution in [0.1, 0.15) is 18.5 Å². The first-order chi connectivity index (χ1) is 8.07. The molecule has 1 aromatic rings. The average Bonchev–Trinajstić information content (AvgIpc) is 3.04. The summed E-state index contributed by atoms with van der Waals surface area (Å²) in [7, 11) is 0. The Morgan fingerprint density at radius 3 is 2.71 bits per heavy atom. The Balaban J connectivity index is 1.63. The summed E-state index contributed by atoms with van der Waals surface area (Å²) >= 11 is 11.9. The molecule has 0 bridgehead atoms. The standard InChI is InChI=1S/C12H14Cl2N2O/c13-9-3-4-11(14)15-10(9)5-16-6-12(17,7-16)8-1-2-8/h3-4,8,17H,1-2,5-7H2. The number of hydrogen-bond acceptors (Lipinski definition) is 3. The van der Waals surface area contributed by atoms with Crippen molar-refractivity contribution in [3.63, 3.8) is 0 Å². The van der Waals surface area contributed by atoms with E-state index >= 15 is 0 Å². The van der Waals surface area contributed by atoms with Gasteiger partial charge in [-0.05, 0) is 30.9 Å². The summed E-state index contributed by atoms with van der Waals surface area (Å²) in [5, 5.41) is 11.3. The lowest BCUT2D eigenvalue weighted by Crippen LogP contribution is -2.62. The molecule has 0 unspecified atom stereocenters. The van der Waals surface area contributed by atoms with E-state index in [2.05, 4.69) is 9.88 Å². The lowest BCUT2D eigenvalue weighted by molar-refractivity contribution is -0.117. The fraction of sp³-hybridized carbons (Fsp3) is 0.583. The van der Waals surface area contributed by atoms with E-state index in [1.54, 1.807) is 12.1 Å². The lowest BCUT2D eigenvalue weighted by atomic mass is 9.88. The van der Waals surface area contributed by atoms with Crippen LogP contribution in [0.2, 0.25) is 10.2 Å². The first-order valence-corrected chi connectivity index (χ1v) is 6.58. The molecule has 1 aromatic heterocycles. The van der Waals surface area contributed by atoms with Crippen molar-refractivity contribution in [1.82, 2.24) is 9.88 Å². The van der Waals surface area contributed by atoms with Crippen molar-refractivity contribution < 1.29 is 5.11 Å². The van der Waals surface area contributed by atoms with Crippen LogP contribution in [0.3, 0.4) is 0 Å². The SMILES string of the molecule is OC1(C2CC2)CN(Cc2nc(Cl)ccc2Cl)C1. The number of hydrogen-bond donors (Lipinski definition) is 1. The molecule has 1 saturated carbocycles. The monoisotopic (exact) mass is 272 g/mol. The number of aliphatic hydroxyl groups is 1. The minimum absolute atomic E-state index is 0.453. The first kappa shape index (κ1) is 11.7. The zero-order valence-corrected chi connectivity index (χ0v) is 10.9. The molecule has 1 N–H and O–H groups in total. The summed E-state index contributed by atoms with van der Waals surface area (Å²) in [6.07, 6.45) is 2.33. The molecule has 0 radical (unpaired) electrons. The molecule has 2 fully saturated rings. The highest BCUT2D eigenvalue weighted by molar-refractivity contribution is 6.32. The number of rotatable bonds is 3. The van der Waals surface area contributed by atoms with Gasteiger partial charge in [0.15, 0.2) is 0 Å². The second-order valence-corrected chi connectivity index (χ2v) is 5.88. The normalized spacial score (nSPS) is 23.5. The van der Waals surface area contributed by atoms with Crippen molar-refractivity contribution in [3.8, 4) is 0 Å². The van der Waals surface area contributed by atoms with Gasteiger partial charge in [-0.1, -0.05) is 23.2 Å². The van der Waals surface area contributed by atoms with E-state index in [-0.39, 0.29) is 0 Å². The minimum atomic E-state index is -0.453. The smallest absolute Gasteiger partial charge is 0.129 e. The Morgan fingerprint density at radius 2 is 2.06 bits per heavy atom. The van der Waals surface area contributed by atoms with Crippen molar-refractivity contribution >= 4 is 23.2 Å². The van der Waals surface area contributed by atoms with Gasteiger partial charge >= 0.3 is 0 Å². The van der Waals surface area contributed by atoms with Crippen LogP contribution in [-0.4, -0.2) is 33.7 Å². The Labute approximate surface area is 110 Å². The van der Waals surface area contributed by atoms with Crippen LogP contribution >= 0.6 is 23.2 Å². The van der Waals surface area contributed by atoms with Gasteiger partial charge in [0.1, 0.15) is 5.15 Å². The molecule has 0 aromatic carbocycles. The quantitative estimate of drug-likeness (QED) is 0.859. The number of pyridine rings is 1. The van der Waals surface area contributed by atoms with Gasteiger partial charge in [0.25, 0.3) is 0 Å². The third-order valence-corrected chi connectivity index (χ3v) is 4.14. The molecule has 2 heterocycles. The van der Waals surface area contributed by atoms with Crippen LogP contribution in [0.4, 0.5) is 0 Å². The van der Waals surface area contributed by atoms with Crippen LogP contribution in [0.5, 0.6) is 0 Å². The average molecular weight is 273 g/mol. The third kappa shape index (κ3) is 2.29. The molecule has 92 valence electrons. The van der Waals surface area contributed by atoms with Gasteiger partial charge in [-0.15, -0.1) is 0 Å². The predicted octanol–water partition coefficient (Wildman–Crippen LogP) is 2.35. The first-order valence-electron chi connectivity index (χ1n) is 5.82. The molecular weight excluding hydrogens is 259 g/mol. The van der Waals surface area contributed by atoms with Gasteiger partial charge in [-0.2, -0.15) is 0 Å². The maximum absolute atomic E-state index is 10.2. The number of halogens is 2. The van der Waals surface area contributed by atoms with Crippen molar-refractivity contribution in [3.05, 3.63) is 28.0 Å². The second kappa shape index (κ2) is 4.09. The van der Waals surface area contributed by atoms with E-state index in [1.165, 1.54) is 12.8 Å². The van der Waals surface area contributed by atoms with Crippen molar-refractivity contribution in [2.75, 3.05) is 13.1 Å². The second-order valence-electron chi connectivity index (χ2n) is 5.09.